The Hall–Kier alpha value is -5.57. The van der Waals surface area contributed by atoms with Crippen LogP contribution in [0.3, 0.4) is 0 Å². The third kappa shape index (κ3) is 12.8. The zero-order chi connectivity index (χ0) is 51.0. The van der Waals surface area contributed by atoms with E-state index in [2.05, 4.69) is 60.0 Å². The normalized spacial score (nSPS) is 20.1. The number of hydrogen-bond donors (Lipinski definition) is 5. The molecule has 1 aliphatic heterocycles. The number of likely N-dealkylation sites (N-methyl/N-ethyl adjacent to an activating group) is 1. The topological polar surface area (TPSA) is 204 Å². The molecule has 5 N–H and O–H groups in total. The number of aromatic nitrogens is 1. The standard InChI is InChI=1S/C53H68ClN7O8S/c1-32-44(70-31-57-32)34-15-13-33(14-16-34)41(28-56-9)58-47(65)42-25-37(62)29-61(42)48(66)45(51(2,3)4)59-43(63)30-67-23-11-10-12-24-68-38-20-17-35(18-21-38)46(64)60-49-52(5,6)50(53(49,7)8)69-39-22-19-36(27-55)40(54)26-39/h13-22,26,31,37,41-42,45,49-50,56,62H,10-12,23-25,28-30H2,1-9H3,(H,58,65)(H,59,63)(H,60,64)/t37-,41?,42+,45-,49?,50?/m1/s1. The first-order valence-corrected chi connectivity index (χ1v) is 25.1. The number of aryl methyl sites for hydroxylation is 1. The fourth-order valence-corrected chi connectivity index (χ4v) is 10.9. The van der Waals surface area contributed by atoms with E-state index in [9.17, 15) is 29.5 Å². The Bertz CT molecular complexity index is 2490. The van der Waals surface area contributed by atoms with Crippen LogP contribution in [0.15, 0.2) is 72.2 Å². The molecule has 15 nitrogen and oxygen atoms in total. The van der Waals surface area contributed by atoms with Gasteiger partial charge in [0.2, 0.25) is 17.7 Å². The molecule has 2 heterocycles. The molecule has 0 bridgehead atoms. The van der Waals surface area contributed by atoms with Crippen LogP contribution in [0.25, 0.3) is 10.4 Å². The molecule has 17 heteroatoms. The summed E-state index contributed by atoms with van der Waals surface area (Å²) in [7, 11) is 1.80. The monoisotopic (exact) mass is 997 g/mol. The van der Waals surface area contributed by atoms with Crippen molar-refractivity contribution >= 4 is 46.6 Å². The molecular formula is C53H68ClN7O8S. The molecule has 4 amide bonds. The van der Waals surface area contributed by atoms with Crippen LogP contribution in [-0.4, -0.2) is 109 Å². The van der Waals surface area contributed by atoms with Crippen LogP contribution in [0.5, 0.6) is 11.5 Å². The third-order valence-electron chi connectivity index (χ3n) is 13.3. The smallest absolute Gasteiger partial charge is 0.251 e. The van der Waals surface area contributed by atoms with Crippen molar-refractivity contribution < 1.29 is 38.5 Å². The van der Waals surface area contributed by atoms with Crippen LogP contribution in [0.1, 0.15) is 107 Å². The minimum atomic E-state index is -0.974. The molecule has 1 aromatic heterocycles. The number of nitriles is 1. The molecule has 1 unspecified atom stereocenters. The van der Waals surface area contributed by atoms with Crippen LogP contribution in [0.4, 0.5) is 0 Å². The number of amides is 4. The van der Waals surface area contributed by atoms with Crippen LogP contribution >= 0.6 is 22.9 Å². The first-order chi connectivity index (χ1) is 33.1. The number of aliphatic hydroxyl groups excluding tert-OH is 1. The van der Waals surface area contributed by atoms with Gasteiger partial charge in [0.1, 0.15) is 42.4 Å². The molecule has 70 heavy (non-hydrogen) atoms. The number of benzene rings is 3. The summed E-state index contributed by atoms with van der Waals surface area (Å²) in [6, 6.07) is 19.6. The third-order valence-corrected chi connectivity index (χ3v) is 14.6. The number of carbonyl (C=O) groups excluding carboxylic acids is 4. The van der Waals surface area contributed by atoms with E-state index in [0.29, 0.717) is 53.8 Å². The lowest BCUT2D eigenvalue weighted by Gasteiger charge is -2.63. The highest BCUT2D eigenvalue weighted by molar-refractivity contribution is 7.13. The number of thiazole rings is 1. The van der Waals surface area contributed by atoms with E-state index in [4.69, 9.17) is 25.8 Å². The molecule has 1 aliphatic carbocycles. The van der Waals surface area contributed by atoms with Gasteiger partial charge in [-0.05, 0) is 86.2 Å². The Balaban J connectivity index is 0.903. The van der Waals surface area contributed by atoms with Crippen molar-refractivity contribution in [2.75, 3.05) is 40.0 Å². The zero-order valence-corrected chi connectivity index (χ0v) is 43.3. The Kier molecular flexibility index (Phi) is 17.8. The average molecular weight is 999 g/mol. The first-order valence-electron chi connectivity index (χ1n) is 23.9. The van der Waals surface area contributed by atoms with E-state index in [1.54, 1.807) is 60.8 Å². The zero-order valence-electron chi connectivity index (χ0n) is 41.7. The Labute approximate surface area is 421 Å². The lowest BCUT2D eigenvalue weighted by molar-refractivity contribution is -0.164. The average Bonchev–Trinajstić information content (AvgIpc) is 3.94. The largest absolute Gasteiger partial charge is 0.494 e. The lowest BCUT2D eigenvalue weighted by Crippen LogP contribution is -2.74. The Morgan fingerprint density at radius 2 is 1.63 bits per heavy atom. The number of rotatable bonds is 21. The summed E-state index contributed by atoms with van der Waals surface area (Å²) < 4.78 is 18.0. The quantitative estimate of drug-likeness (QED) is 0.0521. The molecule has 0 spiro atoms. The second kappa shape index (κ2) is 23.1. The SMILES string of the molecule is CNCC(NC(=O)[C@@H]1C[C@@H](O)CN1C(=O)[C@@H](NC(=O)COCCCCCOc1ccc(C(=O)NC2C(C)(C)C(Oc3ccc(C#N)c(Cl)c3)C2(C)C)cc1)C(C)(C)C)c1ccc(-c2scnc2C)cc1. The Morgan fingerprint density at radius 1 is 0.957 bits per heavy atom. The van der Waals surface area contributed by atoms with Crippen LogP contribution in [0.2, 0.25) is 5.02 Å². The molecule has 4 aromatic rings. The predicted octanol–water partition coefficient (Wildman–Crippen LogP) is 7.39. The summed E-state index contributed by atoms with van der Waals surface area (Å²) in [5.41, 5.74) is 4.09. The number of carbonyl (C=O) groups is 4. The number of nitrogens with one attached hydrogen (secondary N) is 4. The summed E-state index contributed by atoms with van der Waals surface area (Å²) in [6.45, 7) is 16.7. The highest BCUT2D eigenvalue weighted by Crippen LogP contribution is 2.55. The van der Waals surface area contributed by atoms with Gasteiger partial charge in [0.05, 0.1) is 45.4 Å². The minimum Gasteiger partial charge on any atom is -0.494 e. The van der Waals surface area contributed by atoms with Crippen molar-refractivity contribution in [2.24, 2.45) is 16.2 Å². The van der Waals surface area contributed by atoms with E-state index in [-0.39, 0.29) is 43.5 Å². The van der Waals surface area contributed by atoms with Crippen molar-refractivity contribution in [1.82, 2.24) is 31.2 Å². The number of ether oxygens (including phenoxy) is 3. The molecule has 0 radical (unpaired) electrons. The number of likely N-dealkylation sites (tertiary alicyclic amines) is 1. The number of halogens is 1. The molecule has 2 aliphatic rings. The maximum atomic E-state index is 14.2. The number of hydrogen-bond acceptors (Lipinski definition) is 12. The summed E-state index contributed by atoms with van der Waals surface area (Å²) >= 11 is 7.81. The first kappa shape index (κ1) is 53.8. The molecule has 2 fully saturated rings. The maximum Gasteiger partial charge on any atom is 0.251 e. The summed E-state index contributed by atoms with van der Waals surface area (Å²) in [5.74, 6) is -0.260. The van der Waals surface area contributed by atoms with Crippen LogP contribution in [-0.2, 0) is 19.1 Å². The van der Waals surface area contributed by atoms with Crippen LogP contribution in [0, 0.1) is 34.5 Å². The van der Waals surface area contributed by atoms with Gasteiger partial charge in [0.25, 0.3) is 5.91 Å². The van der Waals surface area contributed by atoms with E-state index in [1.807, 2.05) is 57.5 Å². The van der Waals surface area contributed by atoms with Crippen molar-refractivity contribution in [3.05, 3.63) is 99.6 Å². The lowest BCUT2D eigenvalue weighted by atomic mass is 9.49. The van der Waals surface area contributed by atoms with Gasteiger partial charge in [0, 0.05) is 54.6 Å². The highest BCUT2D eigenvalue weighted by Gasteiger charge is 2.64. The molecule has 6 rings (SSSR count). The fraction of sp³-hybridized carbons (Fsp3) is 0.509. The van der Waals surface area contributed by atoms with Crippen molar-refractivity contribution in [3.8, 4) is 28.0 Å². The number of nitrogens with zero attached hydrogens (tertiary/aromatic N) is 3. The van der Waals surface area contributed by atoms with Crippen molar-refractivity contribution in [2.45, 2.75) is 117 Å². The molecule has 376 valence electrons. The van der Waals surface area contributed by atoms with Crippen LogP contribution < -0.4 is 30.7 Å². The molecular weight excluding hydrogens is 930 g/mol. The summed E-state index contributed by atoms with van der Waals surface area (Å²) in [5, 5.41) is 32.6. The molecule has 3 aromatic carbocycles. The number of unbranched alkanes of at least 4 members (excludes halogenated alkanes) is 2. The van der Waals surface area contributed by atoms with Gasteiger partial charge in [-0.15, -0.1) is 11.3 Å². The van der Waals surface area contributed by atoms with Crippen molar-refractivity contribution in [3.63, 3.8) is 0 Å². The predicted molar refractivity (Wildman–Crippen MR) is 271 cm³/mol. The van der Waals surface area contributed by atoms with E-state index in [0.717, 1.165) is 34.5 Å². The van der Waals surface area contributed by atoms with E-state index < -0.39 is 52.3 Å². The highest BCUT2D eigenvalue weighted by atomic mass is 35.5. The minimum absolute atomic E-state index is 0.0302. The van der Waals surface area contributed by atoms with Gasteiger partial charge in [0.15, 0.2) is 0 Å². The molecule has 1 saturated carbocycles. The second-order valence-electron chi connectivity index (χ2n) is 20.6. The van der Waals surface area contributed by atoms with E-state index in [1.165, 1.54) is 4.90 Å². The van der Waals surface area contributed by atoms with Gasteiger partial charge < -0.3 is 45.5 Å². The van der Waals surface area contributed by atoms with E-state index >= 15 is 0 Å². The van der Waals surface area contributed by atoms with Gasteiger partial charge in [-0.3, -0.25) is 19.2 Å². The summed E-state index contributed by atoms with van der Waals surface area (Å²) in [4.78, 5) is 61.4. The number of β-amino-alcohol motifs (C(OH)–C–C–N with tert-alkyl or cyclic N) is 1. The van der Waals surface area contributed by atoms with Gasteiger partial charge in [-0.1, -0.05) is 84.3 Å². The Morgan fingerprint density at radius 3 is 2.24 bits per heavy atom. The summed E-state index contributed by atoms with van der Waals surface area (Å²) in [6.07, 6.45) is 1.18. The molecule has 1 saturated heterocycles. The number of aliphatic hydroxyl groups is 1. The fourth-order valence-electron chi connectivity index (χ4n) is 9.84. The van der Waals surface area contributed by atoms with Gasteiger partial charge >= 0.3 is 0 Å². The second-order valence-corrected chi connectivity index (χ2v) is 21.8. The molecule has 4 atom stereocenters. The maximum absolute atomic E-state index is 14.2. The van der Waals surface area contributed by atoms with Crippen molar-refractivity contribution in [1.29, 1.82) is 5.26 Å². The van der Waals surface area contributed by atoms with Gasteiger partial charge in [-0.25, -0.2) is 4.98 Å². The van der Waals surface area contributed by atoms with Gasteiger partial charge in [-0.2, -0.15) is 5.26 Å².